The Kier molecular flexibility index (Phi) is 3.11. The summed E-state index contributed by atoms with van der Waals surface area (Å²) in [6.45, 7) is 0.681. The molecule has 0 bridgehead atoms. The highest BCUT2D eigenvalue weighted by Crippen LogP contribution is 2.08. The van der Waals surface area contributed by atoms with Crippen molar-refractivity contribution in [1.82, 2.24) is 5.32 Å². The number of aliphatic hydroxyl groups is 1. The fourth-order valence-corrected chi connectivity index (χ4v) is 0.920. The van der Waals surface area contributed by atoms with Crippen LogP contribution in [0.25, 0.3) is 0 Å². The number of nitrogens with one attached hydrogen (secondary N) is 1. The first kappa shape index (κ1) is 8.27. The lowest BCUT2D eigenvalue weighted by molar-refractivity contribution is 0.365. The lowest BCUT2D eigenvalue weighted by Gasteiger charge is -2.03. The van der Waals surface area contributed by atoms with Gasteiger partial charge in [0.15, 0.2) is 5.88 Å². The van der Waals surface area contributed by atoms with Gasteiger partial charge in [0.1, 0.15) is 0 Å². The Hall–Kier alpha value is -0.830. The molecule has 0 aromatic heterocycles. The van der Waals surface area contributed by atoms with Gasteiger partial charge in [-0.15, -0.1) is 0 Å². The largest absolute Gasteiger partial charge is 0.494 e. The molecule has 11 heavy (non-hydrogen) atoms. The van der Waals surface area contributed by atoms with Gasteiger partial charge in [-0.1, -0.05) is 12.2 Å². The summed E-state index contributed by atoms with van der Waals surface area (Å²) < 4.78 is 0. The van der Waals surface area contributed by atoms with Gasteiger partial charge in [0.2, 0.25) is 0 Å². The van der Waals surface area contributed by atoms with Crippen LogP contribution in [-0.2, 0) is 0 Å². The lowest BCUT2D eigenvalue weighted by atomic mass is 10.3. The minimum absolute atomic E-state index is 0.226. The van der Waals surface area contributed by atoms with E-state index < -0.39 is 0 Å². The van der Waals surface area contributed by atoms with E-state index in [1.165, 1.54) is 0 Å². The third kappa shape index (κ3) is 2.35. The van der Waals surface area contributed by atoms with E-state index in [0.29, 0.717) is 12.3 Å². The summed E-state index contributed by atoms with van der Waals surface area (Å²) >= 11 is 4.01. The van der Waals surface area contributed by atoms with Crippen LogP contribution in [0.4, 0.5) is 0 Å². The zero-order chi connectivity index (χ0) is 8.10. The van der Waals surface area contributed by atoms with Gasteiger partial charge >= 0.3 is 0 Å². The standard InChI is InChI=1S/C8H11NOS/c10-8(9-5-6-11)7-3-1-2-4-7/h1-4,9-11H,5-6H2. The Labute approximate surface area is 71.7 Å². The summed E-state index contributed by atoms with van der Waals surface area (Å²) in [6, 6.07) is 0. The third-order valence-corrected chi connectivity index (χ3v) is 1.56. The molecule has 60 valence electrons. The maximum absolute atomic E-state index is 9.31. The monoisotopic (exact) mass is 169 g/mol. The Balaban J connectivity index is 2.50. The van der Waals surface area contributed by atoms with Gasteiger partial charge in [0.25, 0.3) is 0 Å². The number of aliphatic hydroxyl groups excluding tert-OH is 1. The van der Waals surface area contributed by atoms with E-state index >= 15 is 0 Å². The summed E-state index contributed by atoms with van der Waals surface area (Å²) in [5.41, 5.74) is 0.826. The van der Waals surface area contributed by atoms with Crippen LogP contribution in [0.3, 0.4) is 0 Å². The van der Waals surface area contributed by atoms with Crippen molar-refractivity contribution in [3.8, 4) is 0 Å². The summed E-state index contributed by atoms with van der Waals surface area (Å²) in [5.74, 6) is 0.939. The molecular weight excluding hydrogens is 158 g/mol. The predicted molar refractivity (Wildman–Crippen MR) is 49.8 cm³/mol. The minimum atomic E-state index is 0.226. The molecule has 0 amide bonds. The molecule has 2 nitrogen and oxygen atoms in total. The highest BCUT2D eigenvalue weighted by Gasteiger charge is 1.99. The zero-order valence-corrected chi connectivity index (χ0v) is 7.01. The smallest absolute Gasteiger partial charge is 0.191 e. The van der Waals surface area contributed by atoms with Crippen molar-refractivity contribution < 1.29 is 5.11 Å². The van der Waals surface area contributed by atoms with Gasteiger partial charge in [0, 0.05) is 17.9 Å². The Bertz CT molecular complexity index is 204. The minimum Gasteiger partial charge on any atom is -0.494 e. The van der Waals surface area contributed by atoms with Crippen LogP contribution >= 0.6 is 12.6 Å². The van der Waals surface area contributed by atoms with Crippen molar-refractivity contribution >= 4 is 12.6 Å². The maximum Gasteiger partial charge on any atom is 0.191 e. The quantitative estimate of drug-likeness (QED) is 0.441. The van der Waals surface area contributed by atoms with Crippen LogP contribution in [0.2, 0.25) is 0 Å². The van der Waals surface area contributed by atoms with E-state index in [1.54, 1.807) is 0 Å². The van der Waals surface area contributed by atoms with Gasteiger partial charge in [-0.2, -0.15) is 12.6 Å². The van der Waals surface area contributed by atoms with Crippen molar-refractivity contribution in [3.63, 3.8) is 0 Å². The van der Waals surface area contributed by atoms with Crippen LogP contribution in [0.5, 0.6) is 0 Å². The first-order valence-electron chi connectivity index (χ1n) is 3.47. The van der Waals surface area contributed by atoms with Crippen molar-refractivity contribution in [1.29, 1.82) is 0 Å². The molecule has 0 fully saturated rings. The molecular formula is C8H11NOS. The highest BCUT2D eigenvalue weighted by molar-refractivity contribution is 7.80. The number of allylic oxidation sites excluding steroid dienone is 5. The average molecular weight is 169 g/mol. The molecule has 0 atom stereocenters. The SMILES string of the molecule is OC(NCCS)=C1C=CC=C1. The fourth-order valence-electron chi connectivity index (χ4n) is 0.808. The normalized spacial score (nSPS) is 14.1. The Morgan fingerprint density at radius 3 is 2.64 bits per heavy atom. The summed E-state index contributed by atoms with van der Waals surface area (Å²) in [5, 5.41) is 12.1. The fraction of sp³-hybridized carbons (Fsp3) is 0.250. The van der Waals surface area contributed by atoms with Crippen LogP contribution in [-0.4, -0.2) is 17.4 Å². The molecule has 1 aliphatic rings. The van der Waals surface area contributed by atoms with E-state index in [0.717, 1.165) is 5.57 Å². The predicted octanol–water partition coefficient (Wildman–Crippen LogP) is 1.40. The molecule has 0 aliphatic heterocycles. The molecule has 2 N–H and O–H groups in total. The van der Waals surface area contributed by atoms with E-state index in [2.05, 4.69) is 17.9 Å². The summed E-state index contributed by atoms with van der Waals surface area (Å²) in [6.07, 6.45) is 7.46. The van der Waals surface area contributed by atoms with Gasteiger partial charge in [-0.05, 0) is 12.2 Å². The number of thiol groups is 1. The zero-order valence-electron chi connectivity index (χ0n) is 6.12. The molecule has 0 heterocycles. The van der Waals surface area contributed by atoms with Gasteiger partial charge in [0.05, 0.1) is 0 Å². The Morgan fingerprint density at radius 1 is 1.45 bits per heavy atom. The first-order valence-corrected chi connectivity index (χ1v) is 4.10. The summed E-state index contributed by atoms with van der Waals surface area (Å²) in [7, 11) is 0. The van der Waals surface area contributed by atoms with Crippen LogP contribution in [0.1, 0.15) is 0 Å². The first-order chi connectivity index (χ1) is 5.34. The number of hydrogen-bond donors (Lipinski definition) is 3. The molecule has 0 spiro atoms. The van der Waals surface area contributed by atoms with Crippen molar-refractivity contribution in [2.75, 3.05) is 12.3 Å². The average Bonchev–Trinajstić information content (AvgIpc) is 2.52. The third-order valence-electron chi connectivity index (χ3n) is 1.34. The molecule has 0 unspecified atom stereocenters. The molecule has 0 saturated heterocycles. The molecule has 0 aromatic rings. The second-order valence-electron chi connectivity index (χ2n) is 2.17. The van der Waals surface area contributed by atoms with Gasteiger partial charge in [-0.25, -0.2) is 0 Å². The topological polar surface area (TPSA) is 32.3 Å². The molecule has 0 aromatic carbocycles. The Morgan fingerprint density at radius 2 is 2.09 bits per heavy atom. The van der Waals surface area contributed by atoms with Crippen molar-refractivity contribution in [3.05, 3.63) is 35.8 Å². The maximum atomic E-state index is 9.31. The van der Waals surface area contributed by atoms with E-state index in [4.69, 9.17) is 0 Å². The lowest BCUT2D eigenvalue weighted by Crippen LogP contribution is -2.16. The summed E-state index contributed by atoms with van der Waals surface area (Å²) in [4.78, 5) is 0. The van der Waals surface area contributed by atoms with Crippen LogP contribution < -0.4 is 5.32 Å². The molecule has 0 radical (unpaired) electrons. The number of rotatable bonds is 3. The molecule has 1 rings (SSSR count). The van der Waals surface area contributed by atoms with Gasteiger partial charge < -0.3 is 10.4 Å². The number of hydrogen-bond acceptors (Lipinski definition) is 3. The van der Waals surface area contributed by atoms with E-state index in [1.807, 2.05) is 24.3 Å². The second kappa shape index (κ2) is 4.13. The van der Waals surface area contributed by atoms with Crippen LogP contribution in [0, 0.1) is 0 Å². The van der Waals surface area contributed by atoms with E-state index in [9.17, 15) is 5.11 Å². The molecule has 1 aliphatic carbocycles. The molecule has 0 saturated carbocycles. The van der Waals surface area contributed by atoms with E-state index in [-0.39, 0.29) is 5.88 Å². The second-order valence-corrected chi connectivity index (χ2v) is 2.62. The van der Waals surface area contributed by atoms with Crippen LogP contribution in [0.15, 0.2) is 35.8 Å². The van der Waals surface area contributed by atoms with Gasteiger partial charge in [-0.3, -0.25) is 0 Å². The van der Waals surface area contributed by atoms with Crippen molar-refractivity contribution in [2.45, 2.75) is 0 Å². The van der Waals surface area contributed by atoms with Crippen molar-refractivity contribution in [2.24, 2.45) is 0 Å². The highest BCUT2D eigenvalue weighted by atomic mass is 32.1. The molecule has 3 heteroatoms.